The van der Waals surface area contributed by atoms with Gasteiger partial charge >= 0.3 is 0 Å². The number of carbonyl (C=O) groups is 1. The predicted octanol–water partition coefficient (Wildman–Crippen LogP) is 2.01. The SMILES string of the molecule is CC(=O)c1ccn(Cc2ccnc(C#N)c2)c1. The Morgan fingerprint density at radius 2 is 2.35 bits per heavy atom. The maximum atomic E-state index is 11.1. The van der Waals surface area contributed by atoms with E-state index in [0.29, 0.717) is 17.8 Å². The summed E-state index contributed by atoms with van der Waals surface area (Å²) >= 11 is 0. The van der Waals surface area contributed by atoms with Gasteiger partial charge in [-0.1, -0.05) is 0 Å². The summed E-state index contributed by atoms with van der Waals surface area (Å²) in [5.74, 6) is 0.0520. The zero-order chi connectivity index (χ0) is 12.3. The Hall–Kier alpha value is -2.41. The zero-order valence-electron chi connectivity index (χ0n) is 9.42. The molecule has 2 aromatic heterocycles. The Labute approximate surface area is 99.1 Å². The fourth-order valence-electron chi connectivity index (χ4n) is 1.59. The molecule has 0 fully saturated rings. The molecule has 0 unspecified atom stereocenters. The van der Waals surface area contributed by atoms with Crippen molar-refractivity contribution in [3.63, 3.8) is 0 Å². The van der Waals surface area contributed by atoms with E-state index in [4.69, 9.17) is 5.26 Å². The smallest absolute Gasteiger partial charge is 0.161 e. The molecule has 4 nitrogen and oxygen atoms in total. The molecule has 0 radical (unpaired) electrons. The van der Waals surface area contributed by atoms with E-state index in [-0.39, 0.29) is 5.78 Å². The first-order valence-corrected chi connectivity index (χ1v) is 5.21. The van der Waals surface area contributed by atoms with Gasteiger partial charge in [-0.05, 0) is 30.7 Å². The number of hydrogen-bond donors (Lipinski definition) is 0. The number of aromatic nitrogens is 2. The summed E-state index contributed by atoms with van der Waals surface area (Å²) in [5, 5.41) is 8.74. The Morgan fingerprint density at radius 1 is 1.53 bits per heavy atom. The van der Waals surface area contributed by atoms with Crippen molar-refractivity contribution in [3.8, 4) is 6.07 Å². The van der Waals surface area contributed by atoms with E-state index in [1.807, 2.05) is 22.9 Å². The van der Waals surface area contributed by atoms with E-state index in [2.05, 4.69) is 4.98 Å². The van der Waals surface area contributed by atoms with Crippen LogP contribution >= 0.6 is 0 Å². The van der Waals surface area contributed by atoms with Crippen LogP contribution < -0.4 is 0 Å². The molecular weight excluding hydrogens is 214 g/mol. The highest BCUT2D eigenvalue weighted by molar-refractivity contribution is 5.93. The van der Waals surface area contributed by atoms with Crippen molar-refractivity contribution in [1.82, 2.24) is 9.55 Å². The monoisotopic (exact) mass is 225 g/mol. The highest BCUT2D eigenvalue weighted by Gasteiger charge is 2.02. The average molecular weight is 225 g/mol. The summed E-state index contributed by atoms with van der Waals surface area (Å²) in [4.78, 5) is 15.1. The molecule has 0 aromatic carbocycles. The first-order chi connectivity index (χ1) is 8.19. The van der Waals surface area contributed by atoms with Crippen LogP contribution in [0.3, 0.4) is 0 Å². The summed E-state index contributed by atoms with van der Waals surface area (Å²) in [5.41, 5.74) is 2.09. The Balaban J connectivity index is 2.19. The summed E-state index contributed by atoms with van der Waals surface area (Å²) in [6.45, 7) is 2.17. The number of carbonyl (C=O) groups excluding carboxylic acids is 1. The van der Waals surface area contributed by atoms with Gasteiger partial charge in [-0.3, -0.25) is 4.79 Å². The lowest BCUT2D eigenvalue weighted by Gasteiger charge is -2.02. The molecule has 0 saturated carbocycles. The normalized spacial score (nSPS) is 9.88. The van der Waals surface area contributed by atoms with Gasteiger partial charge in [0.05, 0.1) is 0 Å². The van der Waals surface area contributed by atoms with Crippen molar-refractivity contribution in [2.45, 2.75) is 13.5 Å². The van der Waals surface area contributed by atoms with Gasteiger partial charge in [0.1, 0.15) is 11.8 Å². The van der Waals surface area contributed by atoms with Gasteiger partial charge in [-0.2, -0.15) is 5.26 Å². The molecule has 0 aliphatic carbocycles. The van der Waals surface area contributed by atoms with Crippen molar-refractivity contribution in [2.24, 2.45) is 0 Å². The van der Waals surface area contributed by atoms with E-state index in [0.717, 1.165) is 5.56 Å². The number of hydrogen-bond acceptors (Lipinski definition) is 3. The molecule has 0 amide bonds. The van der Waals surface area contributed by atoms with Gasteiger partial charge in [0.15, 0.2) is 5.78 Å². The van der Waals surface area contributed by atoms with Gasteiger partial charge in [-0.25, -0.2) is 4.98 Å². The maximum absolute atomic E-state index is 11.1. The van der Waals surface area contributed by atoms with Crippen LogP contribution in [0, 0.1) is 11.3 Å². The maximum Gasteiger partial charge on any atom is 0.161 e. The van der Waals surface area contributed by atoms with Crippen LogP contribution in [-0.4, -0.2) is 15.3 Å². The van der Waals surface area contributed by atoms with Crippen LogP contribution in [0.5, 0.6) is 0 Å². The van der Waals surface area contributed by atoms with Crippen molar-refractivity contribution in [2.75, 3.05) is 0 Å². The van der Waals surface area contributed by atoms with Crippen LogP contribution in [0.15, 0.2) is 36.8 Å². The predicted molar refractivity (Wildman–Crippen MR) is 62.5 cm³/mol. The number of nitriles is 1. The first kappa shape index (κ1) is 11.1. The second kappa shape index (κ2) is 4.62. The highest BCUT2D eigenvalue weighted by atomic mass is 16.1. The van der Waals surface area contributed by atoms with Gasteiger partial charge in [0.2, 0.25) is 0 Å². The fraction of sp³-hybridized carbons (Fsp3) is 0.154. The fourth-order valence-corrected chi connectivity index (χ4v) is 1.59. The molecular formula is C13H11N3O. The Kier molecular flexibility index (Phi) is 3.01. The number of pyridine rings is 1. The van der Waals surface area contributed by atoms with Crippen molar-refractivity contribution in [1.29, 1.82) is 5.26 Å². The van der Waals surface area contributed by atoms with Gasteiger partial charge in [0.25, 0.3) is 0 Å². The summed E-state index contributed by atoms with van der Waals surface area (Å²) in [6.07, 6.45) is 5.27. The van der Waals surface area contributed by atoms with Crippen molar-refractivity contribution in [3.05, 3.63) is 53.6 Å². The largest absolute Gasteiger partial charge is 0.349 e. The molecule has 0 aliphatic rings. The number of ketones is 1. The third kappa shape index (κ3) is 2.58. The number of nitrogens with zero attached hydrogens (tertiary/aromatic N) is 3. The van der Waals surface area contributed by atoms with Crippen LogP contribution in [0.4, 0.5) is 0 Å². The Morgan fingerprint density at radius 3 is 3.00 bits per heavy atom. The quantitative estimate of drug-likeness (QED) is 0.751. The van der Waals surface area contributed by atoms with Gasteiger partial charge in [0, 0.05) is 30.7 Å². The standard InChI is InChI=1S/C13H11N3O/c1-10(17)12-3-5-16(9-12)8-11-2-4-15-13(6-11)7-14/h2-6,9H,8H2,1H3. The van der Waals surface area contributed by atoms with E-state index in [9.17, 15) is 4.79 Å². The number of rotatable bonds is 3. The van der Waals surface area contributed by atoms with Crippen LogP contribution in [0.2, 0.25) is 0 Å². The third-order valence-electron chi connectivity index (χ3n) is 2.46. The van der Waals surface area contributed by atoms with Crippen LogP contribution in [0.1, 0.15) is 28.5 Å². The minimum Gasteiger partial charge on any atom is -0.349 e. The molecule has 84 valence electrons. The number of Topliss-reactive ketones (excluding diaryl/α,β-unsaturated/α-hetero) is 1. The first-order valence-electron chi connectivity index (χ1n) is 5.21. The molecule has 2 rings (SSSR count). The zero-order valence-corrected chi connectivity index (χ0v) is 9.42. The Bertz CT molecular complexity index is 593. The highest BCUT2D eigenvalue weighted by Crippen LogP contribution is 2.07. The second-order valence-electron chi connectivity index (χ2n) is 3.79. The molecule has 17 heavy (non-hydrogen) atoms. The van der Waals surface area contributed by atoms with E-state index in [1.165, 1.54) is 0 Å². The summed E-state index contributed by atoms with van der Waals surface area (Å²) in [7, 11) is 0. The molecule has 0 atom stereocenters. The lowest BCUT2D eigenvalue weighted by molar-refractivity contribution is 0.101. The van der Waals surface area contributed by atoms with E-state index < -0.39 is 0 Å². The van der Waals surface area contributed by atoms with Crippen molar-refractivity contribution < 1.29 is 4.79 Å². The van der Waals surface area contributed by atoms with Crippen LogP contribution in [-0.2, 0) is 6.54 Å². The van der Waals surface area contributed by atoms with Crippen LogP contribution in [0.25, 0.3) is 0 Å². The third-order valence-corrected chi connectivity index (χ3v) is 2.46. The molecule has 0 saturated heterocycles. The molecule has 0 bridgehead atoms. The molecule has 4 heteroatoms. The molecule has 2 heterocycles. The van der Waals surface area contributed by atoms with E-state index >= 15 is 0 Å². The van der Waals surface area contributed by atoms with E-state index in [1.54, 1.807) is 31.5 Å². The molecule has 0 aliphatic heterocycles. The van der Waals surface area contributed by atoms with Gasteiger partial charge < -0.3 is 4.57 Å². The summed E-state index contributed by atoms with van der Waals surface area (Å²) < 4.78 is 1.91. The minimum absolute atomic E-state index is 0.0520. The van der Waals surface area contributed by atoms with Crippen molar-refractivity contribution >= 4 is 5.78 Å². The topological polar surface area (TPSA) is 58.7 Å². The average Bonchev–Trinajstić information content (AvgIpc) is 2.78. The van der Waals surface area contributed by atoms with Gasteiger partial charge in [-0.15, -0.1) is 0 Å². The lowest BCUT2D eigenvalue weighted by atomic mass is 10.2. The minimum atomic E-state index is 0.0520. The lowest BCUT2D eigenvalue weighted by Crippen LogP contribution is -1.98. The molecule has 2 aromatic rings. The molecule has 0 N–H and O–H groups in total. The molecule has 0 spiro atoms. The second-order valence-corrected chi connectivity index (χ2v) is 3.79. The summed E-state index contributed by atoms with van der Waals surface area (Å²) in [6, 6.07) is 7.39.